The molecule has 0 fully saturated rings. The second kappa shape index (κ2) is 59.9. The van der Waals surface area contributed by atoms with Crippen molar-refractivity contribution in [3.63, 3.8) is 0 Å². The van der Waals surface area contributed by atoms with Gasteiger partial charge in [0.1, 0.15) is 0 Å². The predicted molar refractivity (Wildman–Crippen MR) is 180 cm³/mol. The van der Waals surface area contributed by atoms with E-state index < -0.39 is 0 Å². The Morgan fingerprint density at radius 2 is 0.341 bits per heavy atom. The van der Waals surface area contributed by atoms with Gasteiger partial charge in [0.05, 0.1) is 0 Å². The van der Waals surface area contributed by atoms with Gasteiger partial charge in [-0.1, -0.05) is 182 Å². The van der Waals surface area contributed by atoms with Crippen molar-refractivity contribution in [2.24, 2.45) is 0 Å². The van der Waals surface area contributed by atoms with Crippen molar-refractivity contribution in [2.75, 3.05) is 26.4 Å². The monoisotopic (exact) mass is 625 g/mol. The summed E-state index contributed by atoms with van der Waals surface area (Å²) in [5, 5.41) is 33.9. The molecule has 4 N–H and O–H groups in total. The van der Waals surface area contributed by atoms with E-state index in [2.05, 4.69) is 27.7 Å². The molecular formula is C36H80O4Ti. The fraction of sp³-hybridized carbons (Fsp3) is 1.00. The van der Waals surface area contributed by atoms with E-state index >= 15 is 0 Å². The van der Waals surface area contributed by atoms with Crippen molar-refractivity contribution in [1.82, 2.24) is 0 Å². The Morgan fingerprint density at radius 1 is 0.220 bits per heavy atom. The smallest absolute Gasteiger partial charge is 0.0431 e. The standard InChI is InChI=1S/4C9H20O.Ti/c4*1-2-3-4-5-6-7-8-9-10;/h4*10H,2-9H2,1H3;. The molecule has 0 aliphatic rings. The second-order valence-corrected chi connectivity index (χ2v) is 11.4. The quantitative estimate of drug-likeness (QED) is 0.0516. The molecular weight excluding hydrogens is 544 g/mol. The van der Waals surface area contributed by atoms with Crippen LogP contribution >= 0.6 is 0 Å². The van der Waals surface area contributed by atoms with Crippen LogP contribution in [-0.2, 0) is 21.7 Å². The Kier molecular flexibility index (Phi) is 74.7. The minimum Gasteiger partial charge on any atom is -0.396 e. The molecule has 0 aromatic heterocycles. The summed E-state index contributed by atoms with van der Waals surface area (Å²) in [7, 11) is 0. The normalized spacial score (nSPS) is 9.95. The van der Waals surface area contributed by atoms with Gasteiger partial charge < -0.3 is 20.4 Å². The van der Waals surface area contributed by atoms with E-state index in [1.54, 1.807) is 0 Å². The largest absolute Gasteiger partial charge is 0.396 e. The van der Waals surface area contributed by atoms with Gasteiger partial charge >= 0.3 is 0 Å². The third-order valence-corrected chi connectivity index (χ3v) is 7.05. The van der Waals surface area contributed by atoms with Crippen molar-refractivity contribution in [3.8, 4) is 0 Å². The molecule has 0 spiro atoms. The molecule has 0 aliphatic carbocycles. The van der Waals surface area contributed by atoms with Crippen LogP contribution in [0, 0.1) is 0 Å². The average molecular weight is 625 g/mol. The van der Waals surface area contributed by atoms with Crippen molar-refractivity contribution in [2.45, 2.75) is 207 Å². The van der Waals surface area contributed by atoms with Gasteiger partial charge in [-0.3, -0.25) is 0 Å². The third-order valence-electron chi connectivity index (χ3n) is 7.05. The minimum absolute atomic E-state index is 0. The number of rotatable bonds is 28. The molecule has 0 aliphatic heterocycles. The topological polar surface area (TPSA) is 80.9 Å². The summed E-state index contributed by atoms with van der Waals surface area (Å²) in [5.41, 5.74) is 0. The maximum Gasteiger partial charge on any atom is 0.0431 e. The summed E-state index contributed by atoms with van der Waals surface area (Å²) in [4.78, 5) is 0. The molecule has 41 heavy (non-hydrogen) atoms. The molecule has 0 heterocycles. The van der Waals surface area contributed by atoms with Crippen LogP contribution in [-0.4, -0.2) is 46.9 Å². The van der Waals surface area contributed by atoms with Gasteiger partial charge in [0.15, 0.2) is 0 Å². The fourth-order valence-corrected chi connectivity index (χ4v) is 4.28. The third kappa shape index (κ3) is 73.9. The summed E-state index contributed by atoms with van der Waals surface area (Å²) in [6, 6.07) is 0. The van der Waals surface area contributed by atoms with Crippen LogP contribution in [0.4, 0.5) is 0 Å². The van der Waals surface area contributed by atoms with E-state index in [4.69, 9.17) is 20.4 Å². The first-order valence-electron chi connectivity index (χ1n) is 18.1. The van der Waals surface area contributed by atoms with Crippen molar-refractivity contribution >= 4 is 0 Å². The molecule has 0 aromatic carbocycles. The van der Waals surface area contributed by atoms with Crippen LogP contribution in [0.3, 0.4) is 0 Å². The van der Waals surface area contributed by atoms with E-state index in [0.29, 0.717) is 26.4 Å². The summed E-state index contributed by atoms with van der Waals surface area (Å²) < 4.78 is 0. The number of hydrogen-bond donors (Lipinski definition) is 4. The molecule has 0 aromatic rings. The second-order valence-electron chi connectivity index (χ2n) is 11.4. The van der Waals surface area contributed by atoms with Crippen LogP contribution in [0.5, 0.6) is 0 Å². The summed E-state index contributed by atoms with van der Waals surface area (Å²) in [6.07, 6.45) is 35.7. The fourth-order valence-electron chi connectivity index (χ4n) is 4.28. The van der Waals surface area contributed by atoms with Crippen LogP contribution in [0.15, 0.2) is 0 Å². The van der Waals surface area contributed by atoms with E-state index in [9.17, 15) is 0 Å². The first kappa shape index (κ1) is 51.1. The average Bonchev–Trinajstić information content (AvgIpc) is 2.97. The summed E-state index contributed by atoms with van der Waals surface area (Å²) >= 11 is 0. The molecule has 0 unspecified atom stereocenters. The van der Waals surface area contributed by atoms with Crippen LogP contribution in [0.1, 0.15) is 207 Å². The maximum atomic E-state index is 8.47. The molecule has 0 saturated carbocycles. The number of unbranched alkanes of at least 4 members (excludes halogenated alkanes) is 24. The van der Waals surface area contributed by atoms with Gasteiger partial charge in [0, 0.05) is 48.1 Å². The van der Waals surface area contributed by atoms with E-state index in [-0.39, 0.29) is 21.7 Å². The predicted octanol–water partition coefficient (Wildman–Crippen LogP) is 10.9. The molecule has 5 heteroatoms. The number of aliphatic hydroxyl groups is 4. The van der Waals surface area contributed by atoms with Crippen molar-refractivity contribution in [1.29, 1.82) is 0 Å². The van der Waals surface area contributed by atoms with Crippen molar-refractivity contribution in [3.05, 3.63) is 0 Å². The molecule has 0 saturated heterocycles. The zero-order chi connectivity index (χ0) is 30.6. The number of hydrogen-bond acceptors (Lipinski definition) is 4. The van der Waals surface area contributed by atoms with E-state index in [1.807, 2.05) is 0 Å². The van der Waals surface area contributed by atoms with Gasteiger partial charge in [-0.15, -0.1) is 0 Å². The summed E-state index contributed by atoms with van der Waals surface area (Å²) in [5.74, 6) is 0. The zero-order valence-electron chi connectivity index (χ0n) is 28.9. The van der Waals surface area contributed by atoms with Gasteiger partial charge in [-0.05, 0) is 25.7 Å². The molecule has 0 rings (SSSR count). The Hall–Kier alpha value is 0.554. The van der Waals surface area contributed by atoms with Crippen LogP contribution in [0.25, 0.3) is 0 Å². The molecule has 0 radical (unpaired) electrons. The molecule has 0 bridgehead atoms. The molecule has 0 atom stereocenters. The van der Waals surface area contributed by atoms with Gasteiger partial charge in [0.2, 0.25) is 0 Å². The maximum absolute atomic E-state index is 8.47. The van der Waals surface area contributed by atoms with E-state index in [0.717, 1.165) is 25.7 Å². The Balaban J connectivity index is -0.000000139. The Bertz CT molecular complexity index is 250. The molecule has 0 amide bonds. The SMILES string of the molecule is CCCCCCCCCO.CCCCCCCCCO.CCCCCCCCCO.CCCCCCCCCO.[Ti]. The minimum atomic E-state index is 0. The van der Waals surface area contributed by atoms with Gasteiger partial charge in [-0.2, -0.15) is 0 Å². The number of aliphatic hydroxyl groups excluding tert-OH is 4. The Morgan fingerprint density at radius 3 is 0.463 bits per heavy atom. The van der Waals surface area contributed by atoms with Gasteiger partial charge in [-0.25, -0.2) is 0 Å². The summed E-state index contributed by atoms with van der Waals surface area (Å²) in [6.45, 7) is 10.4. The first-order chi connectivity index (χ1) is 19.7. The van der Waals surface area contributed by atoms with Gasteiger partial charge in [0.25, 0.3) is 0 Å². The zero-order valence-corrected chi connectivity index (χ0v) is 30.5. The van der Waals surface area contributed by atoms with Crippen molar-refractivity contribution < 1.29 is 42.1 Å². The molecule has 4 nitrogen and oxygen atoms in total. The Labute approximate surface area is 275 Å². The first-order valence-corrected chi connectivity index (χ1v) is 18.1. The van der Waals surface area contributed by atoms with Crippen LogP contribution in [0.2, 0.25) is 0 Å². The van der Waals surface area contributed by atoms with Crippen LogP contribution < -0.4 is 0 Å². The molecule has 252 valence electrons. The van der Waals surface area contributed by atoms with E-state index in [1.165, 1.54) is 154 Å².